The number of aryl methyl sites for hydroxylation is 2. The first-order chi connectivity index (χ1) is 13.4. The maximum absolute atomic E-state index is 5.75. The normalized spacial score (nSPS) is 16.9. The molecule has 4 rings (SSSR count). The maximum atomic E-state index is 5.75. The van der Waals surface area contributed by atoms with Crippen LogP contribution in [0.25, 0.3) is 22.6 Å². The molecule has 5 nitrogen and oxygen atoms in total. The summed E-state index contributed by atoms with van der Waals surface area (Å²) in [7, 11) is 0. The quantitative estimate of drug-likeness (QED) is 0.540. The minimum absolute atomic E-state index is 0.480. The fourth-order valence-corrected chi connectivity index (χ4v) is 3.92. The van der Waals surface area contributed by atoms with Crippen LogP contribution in [0.4, 0.5) is 0 Å². The highest BCUT2D eigenvalue weighted by Gasteiger charge is 2.18. The number of nitrogens with zero attached hydrogens (tertiary/aromatic N) is 4. The van der Waals surface area contributed by atoms with Crippen molar-refractivity contribution in [3.63, 3.8) is 0 Å². The first-order valence-corrected chi connectivity index (χ1v) is 10.1. The number of hydrogen-bond acceptors (Lipinski definition) is 3. The molecule has 2 aromatic heterocycles. The van der Waals surface area contributed by atoms with Crippen molar-refractivity contribution in [1.82, 2.24) is 19.1 Å². The standard InChI is InChI=1S/C22H28N4O/c1-2-25-16-23-15-20(25)22-21(18-9-4-3-5-10-18)24-17-26(22)13-7-6-11-19-12-8-14-27-19/h3-5,9-10,15-17,19H,2,6-8,11-14H2,1H3. The van der Waals surface area contributed by atoms with E-state index in [9.17, 15) is 0 Å². The third-order valence-corrected chi connectivity index (χ3v) is 5.38. The van der Waals surface area contributed by atoms with E-state index in [2.05, 4.69) is 45.3 Å². The molecular formula is C22H28N4O. The van der Waals surface area contributed by atoms with Crippen LogP contribution in [0.15, 0.2) is 49.2 Å². The summed E-state index contributed by atoms with van der Waals surface area (Å²) in [5.74, 6) is 0. The topological polar surface area (TPSA) is 44.9 Å². The average molecular weight is 364 g/mol. The molecule has 0 saturated carbocycles. The lowest BCUT2D eigenvalue weighted by atomic mass is 10.1. The summed E-state index contributed by atoms with van der Waals surface area (Å²) in [4.78, 5) is 9.15. The second-order valence-electron chi connectivity index (χ2n) is 7.20. The molecule has 1 aliphatic heterocycles. The number of imidazole rings is 2. The zero-order valence-electron chi connectivity index (χ0n) is 16.1. The van der Waals surface area contributed by atoms with Crippen LogP contribution in [-0.4, -0.2) is 31.8 Å². The van der Waals surface area contributed by atoms with Gasteiger partial charge in [-0.2, -0.15) is 0 Å². The van der Waals surface area contributed by atoms with Gasteiger partial charge in [0, 0.05) is 25.3 Å². The van der Waals surface area contributed by atoms with Gasteiger partial charge >= 0.3 is 0 Å². The highest BCUT2D eigenvalue weighted by Crippen LogP contribution is 2.31. The van der Waals surface area contributed by atoms with Crippen LogP contribution in [0.5, 0.6) is 0 Å². The maximum Gasteiger partial charge on any atom is 0.0979 e. The Morgan fingerprint density at radius 1 is 1.11 bits per heavy atom. The van der Waals surface area contributed by atoms with Gasteiger partial charge in [0.1, 0.15) is 0 Å². The van der Waals surface area contributed by atoms with Gasteiger partial charge in [0.2, 0.25) is 0 Å². The van der Waals surface area contributed by atoms with Crippen molar-refractivity contribution in [2.24, 2.45) is 0 Å². The Balaban J connectivity index is 1.56. The first-order valence-electron chi connectivity index (χ1n) is 10.1. The molecule has 3 heterocycles. The third kappa shape index (κ3) is 3.98. The zero-order chi connectivity index (χ0) is 18.5. The molecule has 0 radical (unpaired) electrons. The number of hydrogen-bond donors (Lipinski definition) is 0. The monoisotopic (exact) mass is 364 g/mol. The highest BCUT2D eigenvalue weighted by atomic mass is 16.5. The second kappa shape index (κ2) is 8.53. The molecule has 0 spiro atoms. The van der Waals surface area contributed by atoms with Gasteiger partial charge in [-0.15, -0.1) is 0 Å². The summed E-state index contributed by atoms with van der Waals surface area (Å²) in [5.41, 5.74) is 4.48. The van der Waals surface area contributed by atoms with Crippen molar-refractivity contribution in [1.29, 1.82) is 0 Å². The lowest BCUT2D eigenvalue weighted by Crippen LogP contribution is -2.07. The smallest absolute Gasteiger partial charge is 0.0979 e. The van der Waals surface area contributed by atoms with Gasteiger partial charge in [0.05, 0.1) is 42.0 Å². The summed E-state index contributed by atoms with van der Waals surface area (Å²) >= 11 is 0. The fraction of sp³-hybridized carbons (Fsp3) is 0.455. The van der Waals surface area contributed by atoms with Crippen LogP contribution in [-0.2, 0) is 17.8 Å². The lowest BCUT2D eigenvalue weighted by molar-refractivity contribution is 0.102. The summed E-state index contributed by atoms with van der Waals surface area (Å²) in [6.45, 7) is 4.96. The minimum Gasteiger partial charge on any atom is -0.378 e. The van der Waals surface area contributed by atoms with Gasteiger partial charge in [-0.05, 0) is 39.0 Å². The molecule has 142 valence electrons. The van der Waals surface area contributed by atoms with Crippen LogP contribution in [0.1, 0.15) is 39.0 Å². The molecule has 1 atom stereocenters. The number of ether oxygens (including phenoxy) is 1. The molecule has 0 aliphatic carbocycles. The molecule has 27 heavy (non-hydrogen) atoms. The van der Waals surface area contributed by atoms with E-state index in [0.717, 1.165) is 48.8 Å². The molecule has 1 unspecified atom stereocenters. The zero-order valence-corrected chi connectivity index (χ0v) is 16.1. The largest absolute Gasteiger partial charge is 0.378 e. The molecule has 0 N–H and O–H groups in total. The Labute approximate surface area is 161 Å². The molecule has 0 bridgehead atoms. The SMILES string of the molecule is CCn1cncc1-c1c(-c2ccccc2)ncn1CCCCC1CCCO1. The van der Waals surface area contributed by atoms with E-state index >= 15 is 0 Å². The summed E-state index contributed by atoms with van der Waals surface area (Å²) in [6.07, 6.45) is 12.3. The van der Waals surface area contributed by atoms with E-state index in [-0.39, 0.29) is 0 Å². The second-order valence-corrected chi connectivity index (χ2v) is 7.20. The van der Waals surface area contributed by atoms with E-state index in [1.54, 1.807) is 0 Å². The van der Waals surface area contributed by atoms with Crippen LogP contribution < -0.4 is 0 Å². The number of benzene rings is 1. The minimum atomic E-state index is 0.480. The molecule has 5 heteroatoms. The van der Waals surface area contributed by atoms with Crippen LogP contribution in [0.2, 0.25) is 0 Å². The van der Waals surface area contributed by atoms with E-state index in [1.807, 2.05) is 24.9 Å². The van der Waals surface area contributed by atoms with E-state index in [4.69, 9.17) is 9.72 Å². The summed E-state index contributed by atoms with van der Waals surface area (Å²) in [5, 5.41) is 0. The predicted octanol–water partition coefficient (Wildman–Crippen LogP) is 4.78. The number of aromatic nitrogens is 4. The van der Waals surface area contributed by atoms with Crippen LogP contribution >= 0.6 is 0 Å². The van der Waals surface area contributed by atoms with Gasteiger partial charge < -0.3 is 13.9 Å². The van der Waals surface area contributed by atoms with Crippen molar-refractivity contribution >= 4 is 0 Å². The Hall–Kier alpha value is -2.40. The van der Waals surface area contributed by atoms with Gasteiger partial charge in [-0.25, -0.2) is 9.97 Å². The van der Waals surface area contributed by atoms with Crippen molar-refractivity contribution < 1.29 is 4.74 Å². The Morgan fingerprint density at radius 2 is 2.00 bits per heavy atom. The Bertz CT molecular complexity index is 846. The predicted molar refractivity (Wildman–Crippen MR) is 107 cm³/mol. The fourth-order valence-electron chi connectivity index (χ4n) is 3.92. The van der Waals surface area contributed by atoms with Crippen molar-refractivity contribution in [3.05, 3.63) is 49.2 Å². The molecular weight excluding hydrogens is 336 g/mol. The third-order valence-electron chi connectivity index (χ3n) is 5.38. The van der Waals surface area contributed by atoms with Crippen LogP contribution in [0.3, 0.4) is 0 Å². The molecule has 1 saturated heterocycles. The van der Waals surface area contributed by atoms with Crippen molar-refractivity contribution in [3.8, 4) is 22.6 Å². The Morgan fingerprint density at radius 3 is 2.78 bits per heavy atom. The number of unbranched alkanes of at least 4 members (excludes halogenated alkanes) is 1. The van der Waals surface area contributed by atoms with Gasteiger partial charge in [-0.3, -0.25) is 0 Å². The molecule has 3 aromatic rings. The van der Waals surface area contributed by atoms with Crippen LogP contribution in [0, 0.1) is 0 Å². The lowest BCUT2D eigenvalue weighted by Gasteiger charge is -2.13. The highest BCUT2D eigenvalue weighted by molar-refractivity contribution is 5.76. The number of rotatable bonds is 8. The van der Waals surface area contributed by atoms with E-state index in [0.29, 0.717) is 6.10 Å². The van der Waals surface area contributed by atoms with Crippen molar-refractivity contribution in [2.45, 2.75) is 58.2 Å². The molecule has 1 fully saturated rings. The van der Waals surface area contributed by atoms with Gasteiger partial charge in [-0.1, -0.05) is 30.3 Å². The van der Waals surface area contributed by atoms with Crippen molar-refractivity contribution in [2.75, 3.05) is 6.61 Å². The Kier molecular flexibility index (Phi) is 5.68. The molecule has 1 aliphatic rings. The van der Waals surface area contributed by atoms with E-state index in [1.165, 1.54) is 25.7 Å². The van der Waals surface area contributed by atoms with Gasteiger partial charge in [0.15, 0.2) is 0 Å². The first kappa shape index (κ1) is 18.0. The van der Waals surface area contributed by atoms with Gasteiger partial charge in [0.25, 0.3) is 0 Å². The summed E-state index contributed by atoms with van der Waals surface area (Å²) < 4.78 is 10.2. The van der Waals surface area contributed by atoms with E-state index < -0.39 is 0 Å². The average Bonchev–Trinajstić information content (AvgIpc) is 3.45. The summed E-state index contributed by atoms with van der Waals surface area (Å²) in [6, 6.07) is 10.4. The molecule has 1 aromatic carbocycles. The molecule has 0 amide bonds.